The standard InChI is InChI=1S/C8H16N2O/c11-8-2-1-5-10(8)7-3-4-9-6-7/h7-9,11H,1-6H2/t7-,8?/m0/s1. The molecule has 2 fully saturated rings. The summed E-state index contributed by atoms with van der Waals surface area (Å²) in [5, 5.41) is 12.9. The topological polar surface area (TPSA) is 35.5 Å². The molecule has 64 valence electrons. The highest BCUT2D eigenvalue weighted by Crippen LogP contribution is 2.20. The number of nitrogens with one attached hydrogen (secondary N) is 1. The van der Waals surface area contributed by atoms with Gasteiger partial charge in [0, 0.05) is 19.1 Å². The Hall–Kier alpha value is -0.120. The van der Waals surface area contributed by atoms with E-state index in [1.807, 2.05) is 0 Å². The molecule has 3 heteroatoms. The second-order valence-corrected chi connectivity index (χ2v) is 3.51. The minimum atomic E-state index is -0.153. The van der Waals surface area contributed by atoms with Crippen molar-refractivity contribution in [1.29, 1.82) is 0 Å². The van der Waals surface area contributed by atoms with Crippen LogP contribution in [0.15, 0.2) is 0 Å². The summed E-state index contributed by atoms with van der Waals surface area (Å²) in [5.41, 5.74) is 0. The summed E-state index contributed by atoms with van der Waals surface area (Å²) in [5.74, 6) is 0. The van der Waals surface area contributed by atoms with E-state index in [9.17, 15) is 5.11 Å². The summed E-state index contributed by atoms with van der Waals surface area (Å²) in [6, 6.07) is 0.604. The Labute approximate surface area is 67.4 Å². The van der Waals surface area contributed by atoms with Gasteiger partial charge in [-0.1, -0.05) is 0 Å². The molecule has 2 rings (SSSR count). The molecular formula is C8H16N2O. The van der Waals surface area contributed by atoms with Crippen LogP contribution in [0.4, 0.5) is 0 Å². The maximum absolute atomic E-state index is 9.55. The SMILES string of the molecule is OC1CCCN1[C@H]1CCNC1. The first-order valence-electron chi connectivity index (χ1n) is 4.52. The molecule has 2 aliphatic heterocycles. The lowest BCUT2D eigenvalue weighted by molar-refractivity contribution is 0.0137. The van der Waals surface area contributed by atoms with Crippen molar-refractivity contribution in [2.24, 2.45) is 0 Å². The van der Waals surface area contributed by atoms with E-state index >= 15 is 0 Å². The molecule has 2 aliphatic rings. The van der Waals surface area contributed by atoms with Crippen LogP contribution in [0.25, 0.3) is 0 Å². The van der Waals surface area contributed by atoms with Crippen molar-refractivity contribution in [1.82, 2.24) is 10.2 Å². The zero-order valence-corrected chi connectivity index (χ0v) is 6.79. The molecule has 0 aromatic heterocycles. The minimum Gasteiger partial charge on any atom is -0.378 e. The van der Waals surface area contributed by atoms with Crippen LogP contribution in [0.2, 0.25) is 0 Å². The summed E-state index contributed by atoms with van der Waals surface area (Å²) in [4.78, 5) is 2.24. The van der Waals surface area contributed by atoms with E-state index in [1.165, 1.54) is 6.42 Å². The summed E-state index contributed by atoms with van der Waals surface area (Å²) >= 11 is 0. The van der Waals surface area contributed by atoms with Gasteiger partial charge in [-0.15, -0.1) is 0 Å². The van der Waals surface area contributed by atoms with Crippen molar-refractivity contribution < 1.29 is 5.11 Å². The molecule has 2 atom stereocenters. The van der Waals surface area contributed by atoms with Crippen molar-refractivity contribution in [3.63, 3.8) is 0 Å². The first-order valence-corrected chi connectivity index (χ1v) is 4.52. The van der Waals surface area contributed by atoms with Crippen molar-refractivity contribution in [2.75, 3.05) is 19.6 Å². The smallest absolute Gasteiger partial charge is 0.107 e. The van der Waals surface area contributed by atoms with Crippen LogP contribution in [-0.4, -0.2) is 41.9 Å². The van der Waals surface area contributed by atoms with Gasteiger partial charge in [-0.25, -0.2) is 0 Å². The van der Waals surface area contributed by atoms with E-state index in [1.54, 1.807) is 0 Å². The van der Waals surface area contributed by atoms with E-state index in [4.69, 9.17) is 0 Å². The Morgan fingerprint density at radius 3 is 2.82 bits per heavy atom. The highest BCUT2D eigenvalue weighted by atomic mass is 16.3. The predicted molar refractivity (Wildman–Crippen MR) is 43.2 cm³/mol. The molecule has 2 N–H and O–H groups in total. The average molecular weight is 156 g/mol. The van der Waals surface area contributed by atoms with Crippen LogP contribution in [0.1, 0.15) is 19.3 Å². The third-order valence-electron chi connectivity index (χ3n) is 2.76. The van der Waals surface area contributed by atoms with E-state index in [-0.39, 0.29) is 6.23 Å². The van der Waals surface area contributed by atoms with Crippen LogP contribution in [0.3, 0.4) is 0 Å². The van der Waals surface area contributed by atoms with E-state index in [0.29, 0.717) is 6.04 Å². The molecule has 0 amide bonds. The Bertz CT molecular complexity index is 134. The predicted octanol–water partition coefficient (Wildman–Crippen LogP) is -0.237. The van der Waals surface area contributed by atoms with Crippen LogP contribution >= 0.6 is 0 Å². The first-order chi connectivity index (χ1) is 5.38. The van der Waals surface area contributed by atoms with Crippen LogP contribution in [0, 0.1) is 0 Å². The zero-order chi connectivity index (χ0) is 7.68. The molecule has 11 heavy (non-hydrogen) atoms. The third kappa shape index (κ3) is 1.41. The molecule has 0 saturated carbocycles. The Morgan fingerprint density at radius 1 is 1.36 bits per heavy atom. The van der Waals surface area contributed by atoms with Crippen LogP contribution in [0.5, 0.6) is 0 Å². The molecule has 0 bridgehead atoms. The molecule has 0 radical (unpaired) electrons. The molecule has 2 heterocycles. The lowest BCUT2D eigenvalue weighted by Gasteiger charge is -2.26. The Morgan fingerprint density at radius 2 is 2.27 bits per heavy atom. The summed E-state index contributed by atoms with van der Waals surface area (Å²) in [7, 11) is 0. The monoisotopic (exact) mass is 156 g/mol. The summed E-state index contributed by atoms with van der Waals surface area (Å²) < 4.78 is 0. The molecule has 1 unspecified atom stereocenters. The molecule has 0 aromatic rings. The van der Waals surface area contributed by atoms with Gasteiger partial charge in [-0.2, -0.15) is 0 Å². The van der Waals surface area contributed by atoms with Crippen LogP contribution in [-0.2, 0) is 0 Å². The fourth-order valence-corrected chi connectivity index (χ4v) is 2.12. The number of rotatable bonds is 1. The fraction of sp³-hybridized carbons (Fsp3) is 1.00. The van der Waals surface area contributed by atoms with Gasteiger partial charge < -0.3 is 10.4 Å². The average Bonchev–Trinajstić information content (AvgIpc) is 2.55. The second kappa shape index (κ2) is 3.09. The quantitative estimate of drug-likeness (QED) is 0.550. The molecule has 3 nitrogen and oxygen atoms in total. The lowest BCUT2D eigenvalue weighted by atomic mass is 10.2. The van der Waals surface area contributed by atoms with Gasteiger partial charge in [0.2, 0.25) is 0 Å². The molecular weight excluding hydrogens is 140 g/mol. The van der Waals surface area contributed by atoms with Gasteiger partial charge in [0.05, 0.1) is 0 Å². The first kappa shape index (κ1) is 7.53. The summed E-state index contributed by atoms with van der Waals surface area (Å²) in [6.07, 6.45) is 3.19. The highest BCUT2D eigenvalue weighted by molar-refractivity contribution is 4.84. The number of aliphatic hydroxyl groups excluding tert-OH is 1. The minimum absolute atomic E-state index is 0.153. The van der Waals surface area contributed by atoms with E-state index in [0.717, 1.165) is 32.5 Å². The summed E-state index contributed by atoms with van der Waals surface area (Å²) in [6.45, 7) is 3.28. The number of nitrogens with zero attached hydrogens (tertiary/aromatic N) is 1. The van der Waals surface area contributed by atoms with Crippen LogP contribution < -0.4 is 5.32 Å². The normalized spacial score (nSPS) is 40.1. The van der Waals surface area contributed by atoms with Gasteiger partial charge in [-0.05, 0) is 25.8 Å². The third-order valence-corrected chi connectivity index (χ3v) is 2.76. The van der Waals surface area contributed by atoms with Gasteiger partial charge >= 0.3 is 0 Å². The Kier molecular flexibility index (Phi) is 2.11. The highest BCUT2D eigenvalue weighted by Gasteiger charge is 2.30. The lowest BCUT2D eigenvalue weighted by Crippen LogP contribution is -2.40. The fourth-order valence-electron chi connectivity index (χ4n) is 2.12. The van der Waals surface area contributed by atoms with Crippen molar-refractivity contribution in [2.45, 2.75) is 31.5 Å². The van der Waals surface area contributed by atoms with Gasteiger partial charge in [0.1, 0.15) is 6.23 Å². The molecule has 0 aromatic carbocycles. The van der Waals surface area contributed by atoms with E-state index < -0.39 is 0 Å². The molecule has 0 aliphatic carbocycles. The largest absolute Gasteiger partial charge is 0.378 e. The van der Waals surface area contributed by atoms with Gasteiger partial charge in [0.25, 0.3) is 0 Å². The Balaban J connectivity index is 1.92. The van der Waals surface area contributed by atoms with Crippen molar-refractivity contribution in [3.8, 4) is 0 Å². The van der Waals surface area contributed by atoms with Gasteiger partial charge in [0.15, 0.2) is 0 Å². The zero-order valence-electron chi connectivity index (χ0n) is 6.79. The molecule has 0 spiro atoms. The number of likely N-dealkylation sites (tertiary alicyclic amines) is 1. The second-order valence-electron chi connectivity index (χ2n) is 3.51. The van der Waals surface area contributed by atoms with Crippen molar-refractivity contribution >= 4 is 0 Å². The van der Waals surface area contributed by atoms with Crippen molar-refractivity contribution in [3.05, 3.63) is 0 Å². The maximum atomic E-state index is 9.55. The molecule has 2 saturated heterocycles. The maximum Gasteiger partial charge on any atom is 0.107 e. The number of hydrogen-bond acceptors (Lipinski definition) is 3. The number of aliphatic hydroxyl groups is 1. The van der Waals surface area contributed by atoms with E-state index in [2.05, 4.69) is 10.2 Å². The number of hydrogen-bond donors (Lipinski definition) is 2. The van der Waals surface area contributed by atoms with Gasteiger partial charge in [-0.3, -0.25) is 4.90 Å².